The lowest BCUT2D eigenvalue weighted by atomic mass is 10.4. The Morgan fingerprint density at radius 1 is 1.29 bits per heavy atom. The quantitative estimate of drug-likeness (QED) is 0.582. The molecular formula is C9H20N2O3. The standard InChI is InChI=1S/C9H20N2O3/c1-10(2)4-5-11(6-7-14-3)8-9(12)13/h4-8H2,1-3H3,(H,12,13). The molecule has 0 aliphatic heterocycles. The summed E-state index contributed by atoms with van der Waals surface area (Å²) in [6, 6.07) is 0. The minimum Gasteiger partial charge on any atom is -0.480 e. The highest BCUT2D eigenvalue weighted by Crippen LogP contribution is 1.89. The Morgan fingerprint density at radius 2 is 1.93 bits per heavy atom. The van der Waals surface area contributed by atoms with Crippen LogP contribution in [-0.4, -0.2) is 74.9 Å². The van der Waals surface area contributed by atoms with Gasteiger partial charge in [-0.3, -0.25) is 9.69 Å². The van der Waals surface area contributed by atoms with Crippen LogP contribution in [0.5, 0.6) is 0 Å². The zero-order valence-corrected chi connectivity index (χ0v) is 9.19. The molecule has 0 aliphatic rings. The van der Waals surface area contributed by atoms with Crippen molar-refractivity contribution in [2.75, 3.05) is 54.0 Å². The van der Waals surface area contributed by atoms with Crippen LogP contribution in [0.1, 0.15) is 0 Å². The Balaban J connectivity index is 3.78. The molecule has 0 aromatic carbocycles. The van der Waals surface area contributed by atoms with Gasteiger partial charge in [-0.2, -0.15) is 0 Å². The summed E-state index contributed by atoms with van der Waals surface area (Å²) in [4.78, 5) is 14.4. The van der Waals surface area contributed by atoms with Gasteiger partial charge in [0.25, 0.3) is 0 Å². The number of carboxylic acids is 1. The number of nitrogens with zero attached hydrogens (tertiary/aromatic N) is 2. The zero-order chi connectivity index (χ0) is 11.0. The van der Waals surface area contributed by atoms with E-state index in [2.05, 4.69) is 0 Å². The summed E-state index contributed by atoms with van der Waals surface area (Å²) in [5, 5.41) is 8.65. The first kappa shape index (κ1) is 13.4. The molecule has 0 fully saturated rings. The number of carbonyl (C=O) groups is 1. The molecule has 0 unspecified atom stereocenters. The summed E-state index contributed by atoms with van der Waals surface area (Å²) >= 11 is 0. The summed E-state index contributed by atoms with van der Waals surface area (Å²) in [6.07, 6.45) is 0. The molecule has 0 spiro atoms. The first-order valence-electron chi connectivity index (χ1n) is 4.64. The van der Waals surface area contributed by atoms with E-state index in [9.17, 15) is 4.79 Å². The lowest BCUT2D eigenvalue weighted by molar-refractivity contribution is -0.138. The molecule has 0 aliphatic carbocycles. The van der Waals surface area contributed by atoms with Gasteiger partial charge in [0.2, 0.25) is 0 Å². The minimum absolute atomic E-state index is 0.0806. The van der Waals surface area contributed by atoms with Crippen molar-refractivity contribution in [1.29, 1.82) is 0 Å². The summed E-state index contributed by atoms with van der Waals surface area (Å²) in [7, 11) is 5.55. The molecule has 5 heteroatoms. The van der Waals surface area contributed by atoms with Crippen LogP contribution in [0.4, 0.5) is 0 Å². The Hall–Kier alpha value is -0.650. The van der Waals surface area contributed by atoms with Gasteiger partial charge >= 0.3 is 5.97 Å². The number of carboxylic acid groups (broad SMARTS) is 1. The van der Waals surface area contributed by atoms with E-state index in [1.807, 2.05) is 23.9 Å². The summed E-state index contributed by atoms with van der Waals surface area (Å²) in [5.74, 6) is -0.792. The molecule has 0 aromatic heterocycles. The lowest BCUT2D eigenvalue weighted by Gasteiger charge is -2.21. The fourth-order valence-corrected chi connectivity index (χ4v) is 1.02. The zero-order valence-electron chi connectivity index (χ0n) is 9.19. The van der Waals surface area contributed by atoms with E-state index < -0.39 is 5.97 Å². The van der Waals surface area contributed by atoms with E-state index in [-0.39, 0.29) is 6.54 Å². The monoisotopic (exact) mass is 204 g/mol. The van der Waals surface area contributed by atoms with Crippen molar-refractivity contribution >= 4 is 5.97 Å². The van der Waals surface area contributed by atoms with E-state index in [0.717, 1.165) is 13.1 Å². The van der Waals surface area contributed by atoms with E-state index in [4.69, 9.17) is 9.84 Å². The van der Waals surface area contributed by atoms with Gasteiger partial charge in [-0.15, -0.1) is 0 Å². The van der Waals surface area contributed by atoms with Crippen LogP contribution in [0.2, 0.25) is 0 Å². The molecule has 0 aromatic rings. The van der Waals surface area contributed by atoms with E-state index in [1.54, 1.807) is 7.11 Å². The highest BCUT2D eigenvalue weighted by atomic mass is 16.5. The molecule has 0 rings (SSSR count). The van der Waals surface area contributed by atoms with Crippen molar-refractivity contribution in [3.63, 3.8) is 0 Å². The van der Waals surface area contributed by atoms with Crippen LogP contribution in [0.15, 0.2) is 0 Å². The fraction of sp³-hybridized carbons (Fsp3) is 0.889. The Bertz CT molecular complexity index is 162. The molecule has 0 bridgehead atoms. The number of ether oxygens (including phenoxy) is 1. The van der Waals surface area contributed by atoms with Gasteiger partial charge < -0.3 is 14.7 Å². The maximum absolute atomic E-state index is 10.5. The molecule has 0 atom stereocenters. The number of methoxy groups -OCH3 is 1. The van der Waals surface area contributed by atoms with Crippen LogP contribution in [-0.2, 0) is 9.53 Å². The number of hydrogen-bond acceptors (Lipinski definition) is 4. The summed E-state index contributed by atoms with van der Waals surface area (Å²) in [5.41, 5.74) is 0. The van der Waals surface area contributed by atoms with Crippen molar-refractivity contribution in [2.45, 2.75) is 0 Å². The van der Waals surface area contributed by atoms with Crippen molar-refractivity contribution < 1.29 is 14.6 Å². The minimum atomic E-state index is -0.792. The van der Waals surface area contributed by atoms with Crippen molar-refractivity contribution in [3.05, 3.63) is 0 Å². The largest absolute Gasteiger partial charge is 0.480 e. The molecule has 0 heterocycles. The van der Waals surface area contributed by atoms with E-state index in [0.29, 0.717) is 13.2 Å². The SMILES string of the molecule is COCCN(CCN(C)C)CC(=O)O. The van der Waals surface area contributed by atoms with E-state index in [1.165, 1.54) is 0 Å². The van der Waals surface area contributed by atoms with Gasteiger partial charge in [-0.25, -0.2) is 0 Å². The number of rotatable bonds is 8. The van der Waals surface area contributed by atoms with Gasteiger partial charge in [0.1, 0.15) is 0 Å². The number of likely N-dealkylation sites (N-methyl/N-ethyl adjacent to an activating group) is 1. The first-order chi connectivity index (χ1) is 6.56. The maximum Gasteiger partial charge on any atom is 0.317 e. The summed E-state index contributed by atoms with van der Waals surface area (Å²) in [6.45, 7) is 2.92. The van der Waals surface area contributed by atoms with Crippen molar-refractivity contribution in [2.24, 2.45) is 0 Å². The van der Waals surface area contributed by atoms with Crippen LogP contribution in [0, 0.1) is 0 Å². The molecule has 0 amide bonds. The number of aliphatic carboxylic acids is 1. The molecule has 84 valence electrons. The topological polar surface area (TPSA) is 53.0 Å². The Morgan fingerprint density at radius 3 is 2.36 bits per heavy atom. The Labute approximate surface area is 85.2 Å². The second-order valence-corrected chi connectivity index (χ2v) is 3.47. The average molecular weight is 204 g/mol. The van der Waals surface area contributed by atoms with Crippen molar-refractivity contribution in [1.82, 2.24) is 9.80 Å². The van der Waals surface area contributed by atoms with Crippen LogP contribution >= 0.6 is 0 Å². The molecule has 14 heavy (non-hydrogen) atoms. The molecule has 0 saturated carbocycles. The predicted molar refractivity (Wildman–Crippen MR) is 54.5 cm³/mol. The molecule has 1 N–H and O–H groups in total. The van der Waals surface area contributed by atoms with Gasteiger partial charge in [0.05, 0.1) is 13.2 Å². The lowest BCUT2D eigenvalue weighted by Crippen LogP contribution is -2.37. The van der Waals surface area contributed by atoms with E-state index >= 15 is 0 Å². The predicted octanol–water partition coefficient (Wildman–Crippen LogP) is -0.419. The molecule has 0 saturated heterocycles. The average Bonchev–Trinajstić information content (AvgIpc) is 2.09. The highest BCUT2D eigenvalue weighted by Gasteiger charge is 2.08. The van der Waals surface area contributed by atoms with Gasteiger partial charge in [-0.05, 0) is 14.1 Å². The molecule has 0 radical (unpaired) electrons. The molecule has 5 nitrogen and oxygen atoms in total. The van der Waals surface area contributed by atoms with Gasteiger partial charge in [0.15, 0.2) is 0 Å². The first-order valence-corrected chi connectivity index (χ1v) is 4.64. The normalized spacial score (nSPS) is 11.2. The summed E-state index contributed by atoms with van der Waals surface area (Å²) < 4.78 is 4.91. The Kier molecular flexibility index (Phi) is 7.37. The van der Waals surface area contributed by atoms with Crippen LogP contribution in [0.3, 0.4) is 0 Å². The third kappa shape index (κ3) is 7.97. The van der Waals surface area contributed by atoms with Crippen LogP contribution in [0.25, 0.3) is 0 Å². The van der Waals surface area contributed by atoms with Gasteiger partial charge in [-0.1, -0.05) is 0 Å². The highest BCUT2D eigenvalue weighted by molar-refractivity contribution is 5.69. The second-order valence-electron chi connectivity index (χ2n) is 3.47. The fourth-order valence-electron chi connectivity index (χ4n) is 1.02. The maximum atomic E-state index is 10.5. The molecular weight excluding hydrogens is 184 g/mol. The van der Waals surface area contributed by atoms with Crippen molar-refractivity contribution in [3.8, 4) is 0 Å². The third-order valence-corrected chi connectivity index (χ3v) is 1.83. The van der Waals surface area contributed by atoms with Crippen LogP contribution < -0.4 is 0 Å². The third-order valence-electron chi connectivity index (χ3n) is 1.83. The van der Waals surface area contributed by atoms with Gasteiger partial charge in [0, 0.05) is 26.7 Å². The number of hydrogen-bond donors (Lipinski definition) is 1. The smallest absolute Gasteiger partial charge is 0.317 e. The second kappa shape index (κ2) is 7.73.